The van der Waals surface area contributed by atoms with Crippen molar-refractivity contribution in [1.82, 2.24) is 14.5 Å². The number of pyridine rings is 2. The molecule has 1 aliphatic rings. The normalized spacial score (nSPS) is 18.0. The van der Waals surface area contributed by atoms with Crippen LogP contribution in [0.2, 0.25) is 5.02 Å². The molecule has 0 spiro atoms. The second-order valence-corrected chi connectivity index (χ2v) is 7.75. The van der Waals surface area contributed by atoms with Crippen molar-refractivity contribution in [2.24, 2.45) is 18.9 Å². The minimum atomic E-state index is -0.240. The number of nitrogens with one attached hydrogen (secondary N) is 1. The summed E-state index contributed by atoms with van der Waals surface area (Å²) in [5.74, 6) is -0.128. The van der Waals surface area contributed by atoms with Gasteiger partial charge in [-0.15, -0.1) is 0 Å². The Morgan fingerprint density at radius 2 is 2.14 bits per heavy atom. The van der Waals surface area contributed by atoms with Gasteiger partial charge >= 0.3 is 0 Å². The minimum Gasteiger partial charge on any atom is -0.336 e. The first kappa shape index (κ1) is 17.7. The van der Waals surface area contributed by atoms with Crippen LogP contribution in [0.15, 0.2) is 48.9 Å². The van der Waals surface area contributed by atoms with Crippen LogP contribution < -0.4 is 5.32 Å². The third kappa shape index (κ3) is 3.00. The Balaban J connectivity index is 1.56. The molecule has 1 aromatic carbocycles. The molecule has 6 nitrogen and oxygen atoms in total. The fourth-order valence-electron chi connectivity index (χ4n) is 3.70. The van der Waals surface area contributed by atoms with Gasteiger partial charge < -0.3 is 9.88 Å². The van der Waals surface area contributed by atoms with E-state index in [9.17, 15) is 4.79 Å². The van der Waals surface area contributed by atoms with E-state index in [0.29, 0.717) is 17.3 Å². The van der Waals surface area contributed by atoms with E-state index < -0.39 is 0 Å². The summed E-state index contributed by atoms with van der Waals surface area (Å²) in [7, 11) is 1.96. The lowest BCUT2D eigenvalue weighted by Gasteiger charge is -2.10. The molecule has 2 atom stereocenters. The summed E-state index contributed by atoms with van der Waals surface area (Å²) >= 11 is 6.54. The van der Waals surface area contributed by atoms with Crippen molar-refractivity contribution in [2.75, 3.05) is 5.32 Å². The average molecular weight is 402 g/mol. The number of fused-ring (bicyclic) bond motifs is 2. The van der Waals surface area contributed by atoms with Gasteiger partial charge in [0.25, 0.3) is 0 Å². The van der Waals surface area contributed by atoms with Gasteiger partial charge in [0.1, 0.15) is 11.5 Å². The molecule has 0 saturated heterocycles. The van der Waals surface area contributed by atoms with Crippen LogP contribution in [0.3, 0.4) is 0 Å². The van der Waals surface area contributed by atoms with Crippen molar-refractivity contribution in [3.8, 4) is 17.2 Å². The summed E-state index contributed by atoms with van der Waals surface area (Å²) in [4.78, 5) is 21.0. The Morgan fingerprint density at radius 1 is 1.28 bits per heavy atom. The summed E-state index contributed by atoms with van der Waals surface area (Å²) in [5.41, 5.74) is 2.91. The number of anilines is 1. The summed E-state index contributed by atoms with van der Waals surface area (Å²) < 4.78 is 1.98. The highest BCUT2D eigenvalue weighted by Crippen LogP contribution is 2.39. The number of aryl methyl sites for hydroxylation is 1. The lowest BCUT2D eigenvalue weighted by atomic mass is 10.0. The van der Waals surface area contributed by atoms with E-state index in [1.54, 1.807) is 12.4 Å². The molecule has 0 bridgehead atoms. The number of carbonyl (C=O) groups is 1. The van der Waals surface area contributed by atoms with Crippen LogP contribution in [-0.4, -0.2) is 20.4 Å². The van der Waals surface area contributed by atoms with Crippen molar-refractivity contribution >= 4 is 45.1 Å². The number of nitrogens with zero attached hydrogens (tertiary/aromatic N) is 4. The minimum absolute atomic E-state index is 0.161. The number of amides is 1. The third-order valence-corrected chi connectivity index (χ3v) is 5.72. The maximum atomic E-state index is 12.2. The number of carbonyl (C=O) groups excluding carboxylic acids is 1. The lowest BCUT2D eigenvalue weighted by molar-refractivity contribution is -0.117. The van der Waals surface area contributed by atoms with Crippen molar-refractivity contribution in [3.05, 3.63) is 53.9 Å². The molecule has 0 aliphatic heterocycles. The predicted octanol–water partition coefficient (Wildman–Crippen LogP) is 4.54. The number of hydrogen-bond donors (Lipinski definition) is 1. The van der Waals surface area contributed by atoms with E-state index >= 15 is 0 Å². The number of hydrogen-bond acceptors (Lipinski definition) is 4. The Kier molecular flexibility index (Phi) is 4.00. The largest absolute Gasteiger partial charge is 0.336 e. The second kappa shape index (κ2) is 6.57. The molecular weight excluding hydrogens is 386 g/mol. The van der Waals surface area contributed by atoms with Crippen molar-refractivity contribution < 1.29 is 4.79 Å². The van der Waals surface area contributed by atoms with Crippen LogP contribution in [0, 0.1) is 23.2 Å². The molecule has 1 fully saturated rings. The molecule has 3 heterocycles. The summed E-state index contributed by atoms with van der Waals surface area (Å²) in [6, 6.07) is 11.9. The summed E-state index contributed by atoms with van der Waals surface area (Å²) in [6.07, 6.45) is 6.04. The first-order valence-corrected chi connectivity index (χ1v) is 9.63. The first-order valence-electron chi connectivity index (χ1n) is 9.25. The fraction of sp³-hybridized carbons (Fsp3) is 0.182. The van der Waals surface area contributed by atoms with Gasteiger partial charge in [0.05, 0.1) is 22.9 Å². The molecule has 1 aliphatic carbocycles. The van der Waals surface area contributed by atoms with E-state index in [-0.39, 0.29) is 17.7 Å². The Morgan fingerprint density at radius 3 is 2.93 bits per heavy atom. The van der Waals surface area contributed by atoms with Crippen LogP contribution in [0.5, 0.6) is 0 Å². The second-order valence-electron chi connectivity index (χ2n) is 7.34. The highest BCUT2D eigenvalue weighted by Gasteiger charge is 2.43. The van der Waals surface area contributed by atoms with E-state index in [0.717, 1.165) is 32.9 Å². The van der Waals surface area contributed by atoms with Crippen molar-refractivity contribution in [1.29, 1.82) is 5.26 Å². The van der Waals surface area contributed by atoms with Gasteiger partial charge in [-0.3, -0.25) is 4.79 Å². The zero-order valence-corrected chi connectivity index (χ0v) is 16.3. The zero-order valence-electron chi connectivity index (χ0n) is 15.6. The third-order valence-electron chi connectivity index (χ3n) is 5.41. The number of halogens is 1. The SMILES string of the molecule is Cn1ccc2c(-c3cc(Cl)c4cnc(NC(=O)[C@H]5C[C@@H]5C#N)cc4c3)ccnc21. The summed E-state index contributed by atoms with van der Waals surface area (Å²) in [6.45, 7) is 0. The highest BCUT2D eigenvalue weighted by atomic mass is 35.5. The number of nitriles is 1. The molecule has 1 N–H and O–H groups in total. The van der Waals surface area contributed by atoms with Gasteiger partial charge in [-0.05, 0) is 53.3 Å². The van der Waals surface area contributed by atoms with Crippen LogP contribution in [-0.2, 0) is 11.8 Å². The average Bonchev–Trinajstić information content (AvgIpc) is 3.43. The van der Waals surface area contributed by atoms with Gasteiger partial charge in [0.15, 0.2) is 0 Å². The Bertz CT molecular complexity index is 1340. The molecule has 7 heteroatoms. The molecule has 29 heavy (non-hydrogen) atoms. The predicted molar refractivity (Wildman–Crippen MR) is 112 cm³/mol. The molecule has 4 aromatic rings. The fourth-order valence-corrected chi connectivity index (χ4v) is 3.98. The summed E-state index contributed by atoms with van der Waals surface area (Å²) in [5, 5.41) is 15.1. The maximum absolute atomic E-state index is 12.2. The molecule has 1 saturated carbocycles. The first-order chi connectivity index (χ1) is 14.0. The van der Waals surface area contributed by atoms with Crippen LogP contribution in [0.1, 0.15) is 6.42 Å². The van der Waals surface area contributed by atoms with E-state index in [4.69, 9.17) is 16.9 Å². The van der Waals surface area contributed by atoms with Crippen LogP contribution in [0.25, 0.3) is 32.9 Å². The molecule has 1 amide bonds. The molecular formula is C22H16ClN5O. The molecule has 3 aromatic heterocycles. The maximum Gasteiger partial charge on any atom is 0.230 e. The van der Waals surface area contributed by atoms with Gasteiger partial charge in [0.2, 0.25) is 5.91 Å². The van der Waals surface area contributed by atoms with E-state index in [2.05, 4.69) is 21.4 Å². The number of benzene rings is 1. The van der Waals surface area contributed by atoms with Crippen LogP contribution >= 0.6 is 11.6 Å². The van der Waals surface area contributed by atoms with Gasteiger partial charge in [-0.1, -0.05) is 11.6 Å². The molecule has 0 unspecified atom stereocenters. The quantitative estimate of drug-likeness (QED) is 0.546. The lowest BCUT2D eigenvalue weighted by Crippen LogP contribution is -2.15. The Labute approximate surface area is 171 Å². The zero-order chi connectivity index (χ0) is 20.1. The van der Waals surface area contributed by atoms with Gasteiger partial charge in [-0.25, -0.2) is 9.97 Å². The highest BCUT2D eigenvalue weighted by molar-refractivity contribution is 6.36. The number of rotatable bonds is 3. The molecule has 142 valence electrons. The molecule has 5 rings (SSSR count). The Hall–Kier alpha value is -3.43. The van der Waals surface area contributed by atoms with Crippen molar-refractivity contribution in [2.45, 2.75) is 6.42 Å². The van der Waals surface area contributed by atoms with E-state index in [1.165, 1.54) is 0 Å². The monoisotopic (exact) mass is 401 g/mol. The topological polar surface area (TPSA) is 83.6 Å². The van der Waals surface area contributed by atoms with Crippen LogP contribution in [0.4, 0.5) is 5.82 Å². The van der Waals surface area contributed by atoms with E-state index in [1.807, 2.05) is 48.1 Å². The van der Waals surface area contributed by atoms with Gasteiger partial charge in [0, 0.05) is 36.4 Å². The van der Waals surface area contributed by atoms with Gasteiger partial charge in [-0.2, -0.15) is 5.26 Å². The molecule has 0 radical (unpaired) electrons. The number of aromatic nitrogens is 3. The standard InChI is InChI=1S/C22H16ClN5O/c1-28-5-3-16-15(2-4-25-21(16)28)12-6-13-9-20(26-11-18(13)19(23)8-12)27-22(29)17-7-14(17)10-24/h2-6,8-9,11,14,17H,7H2,1H3,(H,26,27,29)/t14-,17+/m1/s1. The van der Waals surface area contributed by atoms with Crippen molar-refractivity contribution in [3.63, 3.8) is 0 Å². The smallest absolute Gasteiger partial charge is 0.230 e.